The zero-order valence-corrected chi connectivity index (χ0v) is 17.7. The molecule has 0 saturated heterocycles. The van der Waals surface area contributed by atoms with Crippen molar-refractivity contribution in [2.45, 2.75) is 13.0 Å². The highest BCUT2D eigenvalue weighted by atomic mass is 127. The molecule has 6 nitrogen and oxygen atoms in total. The summed E-state index contributed by atoms with van der Waals surface area (Å²) in [5.74, 6) is 1.65. The van der Waals surface area contributed by atoms with Crippen LogP contribution in [0.1, 0.15) is 18.5 Å². The molecule has 0 bridgehead atoms. The number of hydrogen-bond donors (Lipinski definition) is 2. The van der Waals surface area contributed by atoms with E-state index >= 15 is 0 Å². The van der Waals surface area contributed by atoms with E-state index in [0.717, 1.165) is 31.4 Å². The fourth-order valence-electron chi connectivity index (χ4n) is 2.22. The number of halogens is 1. The predicted molar refractivity (Wildman–Crippen MR) is 111 cm³/mol. The number of hydrogen-bond acceptors (Lipinski definition) is 4. The van der Waals surface area contributed by atoms with Crippen LogP contribution < -0.4 is 15.4 Å². The molecule has 0 aromatic heterocycles. The summed E-state index contributed by atoms with van der Waals surface area (Å²) in [4.78, 5) is 6.42. The summed E-state index contributed by atoms with van der Waals surface area (Å²) < 4.78 is 10.5. The second kappa shape index (κ2) is 13.3. The van der Waals surface area contributed by atoms with Crippen LogP contribution in [0.4, 0.5) is 0 Å². The predicted octanol–water partition coefficient (Wildman–Crippen LogP) is 2.12. The van der Waals surface area contributed by atoms with Crippen LogP contribution in [0.25, 0.3) is 0 Å². The SMILES string of the molecule is CCOCCNC(=NC)NCC(c1ccc(OC)cc1)N(C)C.I. The van der Waals surface area contributed by atoms with Gasteiger partial charge in [-0.25, -0.2) is 0 Å². The van der Waals surface area contributed by atoms with Crippen LogP contribution in [0, 0.1) is 0 Å². The fourth-order valence-corrected chi connectivity index (χ4v) is 2.22. The maximum absolute atomic E-state index is 5.32. The van der Waals surface area contributed by atoms with Crippen LogP contribution >= 0.6 is 24.0 Å². The summed E-state index contributed by atoms with van der Waals surface area (Å²) in [5.41, 5.74) is 1.23. The van der Waals surface area contributed by atoms with Crippen LogP contribution in [0.2, 0.25) is 0 Å². The average molecular weight is 450 g/mol. The van der Waals surface area contributed by atoms with Crippen molar-refractivity contribution in [1.29, 1.82) is 0 Å². The summed E-state index contributed by atoms with van der Waals surface area (Å²) in [6.07, 6.45) is 0. The monoisotopic (exact) mass is 450 g/mol. The molecule has 138 valence electrons. The molecule has 0 aliphatic heterocycles. The molecular formula is C17H31IN4O2. The third-order valence-electron chi connectivity index (χ3n) is 3.55. The van der Waals surface area contributed by atoms with E-state index in [1.807, 2.05) is 19.1 Å². The Labute approximate surface area is 163 Å². The Bertz CT molecular complexity index is 466. The standard InChI is InChI=1S/C17H30N4O2.HI/c1-6-23-12-11-19-17(18-2)20-13-16(21(3)4)14-7-9-15(22-5)10-8-14;/h7-10,16H,6,11-13H2,1-5H3,(H2,18,19,20);1H. The molecule has 0 saturated carbocycles. The Morgan fingerprint density at radius 1 is 1.21 bits per heavy atom. The highest BCUT2D eigenvalue weighted by Crippen LogP contribution is 2.20. The quantitative estimate of drug-likeness (QED) is 0.261. The molecule has 1 aromatic carbocycles. The lowest BCUT2D eigenvalue weighted by atomic mass is 10.1. The minimum absolute atomic E-state index is 0. The number of nitrogens with zero attached hydrogens (tertiary/aromatic N) is 2. The summed E-state index contributed by atoms with van der Waals surface area (Å²) in [5, 5.41) is 6.61. The van der Waals surface area contributed by atoms with E-state index in [1.54, 1.807) is 14.2 Å². The van der Waals surface area contributed by atoms with Crippen molar-refractivity contribution < 1.29 is 9.47 Å². The van der Waals surface area contributed by atoms with Crippen LogP contribution in [0.15, 0.2) is 29.3 Å². The van der Waals surface area contributed by atoms with Crippen molar-refractivity contribution in [3.8, 4) is 5.75 Å². The molecule has 1 unspecified atom stereocenters. The van der Waals surface area contributed by atoms with Crippen molar-refractivity contribution in [2.24, 2.45) is 4.99 Å². The molecule has 1 rings (SSSR count). The van der Waals surface area contributed by atoms with Gasteiger partial charge in [-0.05, 0) is 38.7 Å². The average Bonchev–Trinajstić information content (AvgIpc) is 2.57. The molecule has 0 aliphatic carbocycles. The highest BCUT2D eigenvalue weighted by molar-refractivity contribution is 14.0. The molecule has 0 amide bonds. The van der Waals surface area contributed by atoms with Crippen LogP contribution in [-0.2, 0) is 4.74 Å². The van der Waals surface area contributed by atoms with Gasteiger partial charge in [-0.15, -0.1) is 24.0 Å². The van der Waals surface area contributed by atoms with Gasteiger partial charge in [0.1, 0.15) is 5.75 Å². The summed E-state index contributed by atoms with van der Waals surface area (Å²) >= 11 is 0. The first-order valence-corrected chi connectivity index (χ1v) is 7.95. The largest absolute Gasteiger partial charge is 0.497 e. The Balaban J connectivity index is 0.00000529. The van der Waals surface area contributed by atoms with Gasteiger partial charge in [0, 0.05) is 26.7 Å². The van der Waals surface area contributed by atoms with Gasteiger partial charge in [0.2, 0.25) is 0 Å². The topological polar surface area (TPSA) is 58.1 Å². The molecule has 0 aliphatic rings. The Hall–Kier alpha value is -1.06. The summed E-state index contributed by atoms with van der Waals surface area (Å²) in [7, 11) is 7.59. The molecule has 0 radical (unpaired) electrons. The minimum atomic E-state index is 0. The Morgan fingerprint density at radius 2 is 1.88 bits per heavy atom. The first kappa shape index (κ1) is 22.9. The van der Waals surface area contributed by atoms with Crippen molar-refractivity contribution >= 4 is 29.9 Å². The van der Waals surface area contributed by atoms with Crippen molar-refractivity contribution in [2.75, 3.05) is 54.6 Å². The van der Waals surface area contributed by atoms with E-state index in [0.29, 0.717) is 6.61 Å². The maximum atomic E-state index is 5.32. The second-order valence-electron chi connectivity index (χ2n) is 5.33. The number of nitrogens with one attached hydrogen (secondary N) is 2. The summed E-state index contributed by atoms with van der Waals surface area (Å²) in [6.45, 7) is 4.89. The van der Waals surface area contributed by atoms with Crippen molar-refractivity contribution in [3.05, 3.63) is 29.8 Å². The molecule has 1 atom stereocenters. The van der Waals surface area contributed by atoms with Crippen molar-refractivity contribution in [1.82, 2.24) is 15.5 Å². The number of ether oxygens (including phenoxy) is 2. The third kappa shape index (κ3) is 8.16. The van der Waals surface area contributed by atoms with E-state index in [4.69, 9.17) is 9.47 Å². The zero-order chi connectivity index (χ0) is 17.1. The second-order valence-corrected chi connectivity index (χ2v) is 5.33. The molecule has 7 heteroatoms. The maximum Gasteiger partial charge on any atom is 0.191 e. The molecule has 1 aromatic rings. The lowest BCUT2D eigenvalue weighted by molar-refractivity contribution is 0.152. The lowest BCUT2D eigenvalue weighted by Gasteiger charge is -2.26. The van der Waals surface area contributed by atoms with Gasteiger partial charge < -0.3 is 25.0 Å². The lowest BCUT2D eigenvalue weighted by Crippen LogP contribution is -2.42. The number of benzene rings is 1. The minimum Gasteiger partial charge on any atom is -0.497 e. The molecular weight excluding hydrogens is 419 g/mol. The van der Waals surface area contributed by atoms with Gasteiger partial charge in [-0.2, -0.15) is 0 Å². The number of rotatable bonds is 9. The van der Waals surface area contributed by atoms with Gasteiger partial charge >= 0.3 is 0 Å². The van der Waals surface area contributed by atoms with Crippen LogP contribution in [-0.4, -0.2) is 65.4 Å². The molecule has 2 N–H and O–H groups in total. The van der Waals surface area contributed by atoms with Gasteiger partial charge in [0.05, 0.1) is 19.8 Å². The zero-order valence-electron chi connectivity index (χ0n) is 15.3. The number of likely N-dealkylation sites (N-methyl/N-ethyl adjacent to an activating group) is 1. The molecule has 0 fully saturated rings. The van der Waals surface area contributed by atoms with Gasteiger partial charge in [0.25, 0.3) is 0 Å². The van der Waals surface area contributed by atoms with Crippen LogP contribution in [0.5, 0.6) is 5.75 Å². The van der Waals surface area contributed by atoms with E-state index in [1.165, 1.54) is 5.56 Å². The molecule has 24 heavy (non-hydrogen) atoms. The molecule has 0 heterocycles. The Morgan fingerprint density at radius 3 is 2.38 bits per heavy atom. The van der Waals surface area contributed by atoms with E-state index in [9.17, 15) is 0 Å². The summed E-state index contributed by atoms with van der Waals surface area (Å²) in [6, 6.07) is 8.40. The van der Waals surface area contributed by atoms with E-state index < -0.39 is 0 Å². The number of guanidine groups is 1. The first-order chi connectivity index (χ1) is 11.1. The van der Waals surface area contributed by atoms with Crippen LogP contribution in [0.3, 0.4) is 0 Å². The van der Waals surface area contributed by atoms with E-state index in [2.05, 4.69) is 46.8 Å². The molecule has 0 spiro atoms. The third-order valence-corrected chi connectivity index (χ3v) is 3.55. The van der Waals surface area contributed by atoms with Gasteiger partial charge in [0.15, 0.2) is 5.96 Å². The first-order valence-electron chi connectivity index (χ1n) is 7.95. The highest BCUT2D eigenvalue weighted by Gasteiger charge is 2.14. The smallest absolute Gasteiger partial charge is 0.191 e. The normalized spacial score (nSPS) is 12.5. The Kier molecular flexibility index (Phi) is 12.7. The van der Waals surface area contributed by atoms with Gasteiger partial charge in [-0.1, -0.05) is 12.1 Å². The fraction of sp³-hybridized carbons (Fsp3) is 0.588. The van der Waals surface area contributed by atoms with Gasteiger partial charge in [-0.3, -0.25) is 4.99 Å². The van der Waals surface area contributed by atoms with E-state index in [-0.39, 0.29) is 30.0 Å². The number of aliphatic imine (C=N–C) groups is 1. The van der Waals surface area contributed by atoms with Crippen molar-refractivity contribution in [3.63, 3.8) is 0 Å². The number of methoxy groups -OCH3 is 1.